The predicted molar refractivity (Wildman–Crippen MR) is 117 cm³/mol. The van der Waals surface area contributed by atoms with Gasteiger partial charge in [-0.25, -0.2) is 0 Å². The van der Waals surface area contributed by atoms with Gasteiger partial charge in [-0.1, -0.05) is 31.2 Å². The monoisotopic (exact) mass is 410 g/mol. The summed E-state index contributed by atoms with van der Waals surface area (Å²) in [5, 5.41) is 8.57. The van der Waals surface area contributed by atoms with Crippen LogP contribution in [0.15, 0.2) is 41.8 Å². The zero-order valence-corrected chi connectivity index (χ0v) is 17.5. The lowest BCUT2D eigenvalue weighted by Gasteiger charge is -2.19. The average Bonchev–Trinajstić information content (AvgIpc) is 3.31. The van der Waals surface area contributed by atoms with E-state index in [1.165, 1.54) is 16.2 Å². The molecule has 0 saturated carbocycles. The molecule has 0 saturated heterocycles. The summed E-state index contributed by atoms with van der Waals surface area (Å²) in [6, 6.07) is 11.4. The molecule has 4 rings (SSSR count). The highest BCUT2D eigenvalue weighted by molar-refractivity contribution is 7.17. The maximum Gasteiger partial charge on any atom is 0.266 e. The summed E-state index contributed by atoms with van der Waals surface area (Å²) in [4.78, 5) is 27.7. The van der Waals surface area contributed by atoms with Crippen LogP contribution >= 0.6 is 22.7 Å². The Balaban J connectivity index is 1.69. The molecule has 0 unspecified atom stereocenters. The lowest BCUT2D eigenvalue weighted by atomic mass is 9.88. The van der Waals surface area contributed by atoms with Crippen molar-refractivity contribution < 1.29 is 9.59 Å². The molecule has 0 spiro atoms. The summed E-state index contributed by atoms with van der Waals surface area (Å²) in [6.45, 7) is 4.21. The number of thiophene rings is 2. The van der Waals surface area contributed by atoms with E-state index < -0.39 is 0 Å². The van der Waals surface area contributed by atoms with Gasteiger partial charge in [-0.3, -0.25) is 9.59 Å². The summed E-state index contributed by atoms with van der Waals surface area (Å²) in [7, 11) is 0. The second-order valence-electron chi connectivity index (χ2n) is 7.26. The van der Waals surface area contributed by atoms with Gasteiger partial charge in [0.2, 0.25) is 0 Å². The average molecular weight is 411 g/mol. The van der Waals surface area contributed by atoms with Crippen molar-refractivity contribution in [3.05, 3.63) is 68.2 Å². The van der Waals surface area contributed by atoms with E-state index in [0.29, 0.717) is 21.4 Å². The van der Waals surface area contributed by atoms with Crippen molar-refractivity contribution in [2.24, 2.45) is 5.92 Å². The van der Waals surface area contributed by atoms with Gasteiger partial charge in [0.1, 0.15) is 5.00 Å². The fourth-order valence-corrected chi connectivity index (χ4v) is 5.57. The molecule has 2 amide bonds. The molecular weight excluding hydrogens is 388 g/mol. The van der Waals surface area contributed by atoms with Gasteiger partial charge in [0.05, 0.1) is 10.4 Å². The van der Waals surface area contributed by atoms with Crippen LogP contribution in [0.3, 0.4) is 0 Å². The fourth-order valence-electron chi connectivity index (χ4n) is 3.55. The molecule has 144 valence electrons. The van der Waals surface area contributed by atoms with E-state index in [1.54, 1.807) is 17.4 Å². The minimum Gasteiger partial charge on any atom is -0.322 e. The number of fused-ring (bicyclic) bond motifs is 1. The number of benzene rings is 1. The van der Waals surface area contributed by atoms with Crippen molar-refractivity contribution in [2.45, 2.75) is 33.1 Å². The van der Waals surface area contributed by atoms with Crippen LogP contribution in [-0.4, -0.2) is 11.8 Å². The van der Waals surface area contributed by atoms with Crippen molar-refractivity contribution in [3.63, 3.8) is 0 Å². The summed E-state index contributed by atoms with van der Waals surface area (Å²) < 4.78 is 0. The maximum atomic E-state index is 13.2. The van der Waals surface area contributed by atoms with Crippen LogP contribution in [0.1, 0.15) is 49.4 Å². The van der Waals surface area contributed by atoms with E-state index in [4.69, 9.17) is 0 Å². The normalized spacial score (nSPS) is 15.7. The minimum atomic E-state index is -0.161. The van der Waals surface area contributed by atoms with E-state index in [-0.39, 0.29) is 11.8 Å². The quantitative estimate of drug-likeness (QED) is 0.575. The van der Waals surface area contributed by atoms with Crippen LogP contribution in [0, 0.1) is 12.8 Å². The Morgan fingerprint density at radius 1 is 1.07 bits per heavy atom. The molecule has 4 nitrogen and oxygen atoms in total. The smallest absolute Gasteiger partial charge is 0.266 e. The van der Waals surface area contributed by atoms with E-state index in [9.17, 15) is 9.59 Å². The number of nitrogens with one attached hydrogen (secondary N) is 2. The third kappa shape index (κ3) is 3.75. The molecule has 0 radical (unpaired) electrons. The topological polar surface area (TPSA) is 58.2 Å². The van der Waals surface area contributed by atoms with Crippen molar-refractivity contribution in [2.75, 3.05) is 10.6 Å². The summed E-state index contributed by atoms with van der Waals surface area (Å²) in [6.07, 6.45) is 2.89. The number of anilines is 2. The van der Waals surface area contributed by atoms with Gasteiger partial charge in [0.25, 0.3) is 11.8 Å². The van der Waals surface area contributed by atoms with Gasteiger partial charge in [0.15, 0.2) is 0 Å². The molecule has 2 aromatic heterocycles. The summed E-state index contributed by atoms with van der Waals surface area (Å²) in [5.74, 6) is 0.286. The maximum absolute atomic E-state index is 13.2. The van der Waals surface area contributed by atoms with Gasteiger partial charge in [-0.2, -0.15) is 0 Å². The standard InChI is InChI=1S/C22H22N2O2S2/c1-13-9-10-15-18(12-13)28-22(24-20(25)17-8-5-11-27-17)19(15)21(26)23-16-7-4-3-6-14(16)2/h3-8,11,13H,9-10,12H2,1-2H3,(H,23,26)(H,24,25)/t13-/m1/s1. The molecule has 6 heteroatoms. The highest BCUT2D eigenvalue weighted by atomic mass is 32.1. The Labute approximate surface area is 172 Å². The van der Waals surface area contributed by atoms with Gasteiger partial charge >= 0.3 is 0 Å². The minimum absolute atomic E-state index is 0.150. The van der Waals surface area contributed by atoms with E-state index in [0.717, 1.165) is 36.1 Å². The lowest BCUT2D eigenvalue weighted by Crippen LogP contribution is -2.19. The fraction of sp³-hybridized carbons (Fsp3) is 0.273. The van der Waals surface area contributed by atoms with E-state index in [1.807, 2.05) is 42.6 Å². The Morgan fingerprint density at radius 2 is 1.89 bits per heavy atom. The van der Waals surface area contributed by atoms with Crippen LogP contribution in [0.2, 0.25) is 0 Å². The molecule has 1 aliphatic carbocycles. The molecule has 0 bridgehead atoms. The van der Waals surface area contributed by atoms with Crippen molar-refractivity contribution in [3.8, 4) is 0 Å². The van der Waals surface area contributed by atoms with Crippen LogP contribution in [0.4, 0.5) is 10.7 Å². The predicted octanol–water partition coefficient (Wildman–Crippen LogP) is 5.75. The zero-order chi connectivity index (χ0) is 19.7. The first-order chi connectivity index (χ1) is 13.5. The van der Waals surface area contributed by atoms with Crippen LogP contribution in [0.5, 0.6) is 0 Å². The largest absolute Gasteiger partial charge is 0.322 e. The van der Waals surface area contributed by atoms with Crippen molar-refractivity contribution >= 4 is 45.2 Å². The summed E-state index contributed by atoms with van der Waals surface area (Å²) >= 11 is 2.94. The number of hydrogen-bond acceptors (Lipinski definition) is 4. The Kier molecular flexibility index (Phi) is 5.33. The molecule has 0 aliphatic heterocycles. The van der Waals surface area contributed by atoms with Crippen LogP contribution in [0.25, 0.3) is 0 Å². The molecular formula is C22H22N2O2S2. The third-order valence-corrected chi connectivity index (χ3v) is 7.14. The van der Waals surface area contributed by atoms with Gasteiger partial charge in [-0.05, 0) is 60.7 Å². The Hall–Kier alpha value is -2.44. The Bertz CT molecular complexity index is 1020. The molecule has 3 aromatic rings. The van der Waals surface area contributed by atoms with Crippen molar-refractivity contribution in [1.82, 2.24) is 0 Å². The molecule has 2 heterocycles. The lowest BCUT2D eigenvalue weighted by molar-refractivity contribution is 0.102. The van der Waals surface area contributed by atoms with Crippen LogP contribution < -0.4 is 10.6 Å². The first kappa shape index (κ1) is 18.9. The molecule has 1 aromatic carbocycles. The number of amides is 2. The number of rotatable bonds is 4. The van der Waals surface area contributed by atoms with Gasteiger partial charge in [0, 0.05) is 10.6 Å². The van der Waals surface area contributed by atoms with Crippen LogP contribution in [-0.2, 0) is 12.8 Å². The number of carbonyl (C=O) groups is 2. The van der Waals surface area contributed by atoms with E-state index in [2.05, 4.69) is 17.6 Å². The Morgan fingerprint density at radius 3 is 2.64 bits per heavy atom. The van der Waals surface area contributed by atoms with E-state index >= 15 is 0 Å². The van der Waals surface area contributed by atoms with Gasteiger partial charge in [-0.15, -0.1) is 22.7 Å². The highest BCUT2D eigenvalue weighted by Gasteiger charge is 2.28. The SMILES string of the molecule is Cc1ccccc1NC(=O)c1c(NC(=O)c2cccs2)sc2c1CC[C@@H](C)C2. The summed E-state index contributed by atoms with van der Waals surface area (Å²) in [5.41, 5.74) is 3.53. The zero-order valence-electron chi connectivity index (χ0n) is 15.9. The number of aryl methyl sites for hydroxylation is 1. The first-order valence-corrected chi connectivity index (χ1v) is 11.1. The number of carbonyl (C=O) groups excluding carboxylic acids is 2. The second kappa shape index (κ2) is 7.89. The van der Waals surface area contributed by atoms with Crippen molar-refractivity contribution in [1.29, 1.82) is 0 Å². The third-order valence-electron chi connectivity index (χ3n) is 5.10. The van der Waals surface area contributed by atoms with Gasteiger partial charge < -0.3 is 10.6 Å². The molecule has 1 atom stereocenters. The molecule has 1 aliphatic rings. The number of para-hydroxylation sites is 1. The molecule has 2 N–H and O–H groups in total. The number of hydrogen-bond donors (Lipinski definition) is 2. The molecule has 28 heavy (non-hydrogen) atoms. The second-order valence-corrected chi connectivity index (χ2v) is 9.31. The first-order valence-electron chi connectivity index (χ1n) is 9.39. The molecule has 0 fully saturated rings. The highest BCUT2D eigenvalue weighted by Crippen LogP contribution is 2.40.